The molecule has 1 fully saturated rings. The average molecular weight is 354 g/mol. The number of nitrogens with zero attached hydrogens (tertiary/aromatic N) is 4. The van der Waals surface area contributed by atoms with Crippen molar-refractivity contribution in [2.45, 2.75) is 32.6 Å². The first kappa shape index (κ1) is 16.8. The Hall–Kier alpha value is -2.67. The maximum absolute atomic E-state index is 11.9. The van der Waals surface area contributed by atoms with Gasteiger partial charge in [-0.3, -0.25) is 4.98 Å². The molecular weight excluding hydrogens is 332 g/mol. The van der Waals surface area contributed by atoms with Gasteiger partial charge in [0.15, 0.2) is 0 Å². The molecule has 7 nitrogen and oxygen atoms in total. The number of cyclic esters (lactones) is 1. The first-order valence-electron chi connectivity index (χ1n) is 8.89. The lowest BCUT2D eigenvalue weighted by Crippen LogP contribution is -2.41. The lowest BCUT2D eigenvalue weighted by atomic mass is 10.1. The highest BCUT2D eigenvalue weighted by Gasteiger charge is 2.26. The molecule has 1 amide bonds. The summed E-state index contributed by atoms with van der Waals surface area (Å²) in [5, 5.41) is 1.04. The summed E-state index contributed by atoms with van der Waals surface area (Å²) < 4.78 is 13.3. The molecular formula is C19H22N4O3. The minimum Gasteiger partial charge on any atom is -0.444 e. The fourth-order valence-electron chi connectivity index (χ4n) is 3.36. The summed E-state index contributed by atoms with van der Waals surface area (Å²) in [7, 11) is 1.75. The summed E-state index contributed by atoms with van der Waals surface area (Å²) in [6.45, 7) is 4.25. The number of carbonyl (C=O) groups is 1. The number of amides is 1. The molecule has 26 heavy (non-hydrogen) atoms. The second-order valence-electron chi connectivity index (χ2n) is 6.50. The van der Waals surface area contributed by atoms with Crippen molar-refractivity contribution < 1.29 is 14.3 Å². The van der Waals surface area contributed by atoms with Gasteiger partial charge >= 0.3 is 6.09 Å². The second-order valence-corrected chi connectivity index (χ2v) is 6.50. The van der Waals surface area contributed by atoms with Crippen LogP contribution in [0.3, 0.4) is 0 Å². The van der Waals surface area contributed by atoms with Gasteiger partial charge < -0.3 is 18.9 Å². The first-order valence-corrected chi connectivity index (χ1v) is 8.89. The number of fused-ring (bicyclic) bond motifs is 3. The van der Waals surface area contributed by atoms with Crippen molar-refractivity contribution in [3.05, 3.63) is 36.3 Å². The predicted octanol–water partition coefficient (Wildman–Crippen LogP) is 2.96. The molecule has 2 aromatic heterocycles. The quantitative estimate of drug-likeness (QED) is 0.704. The van der Waals surface area contributed by atoms with Crippen molar-refractivity contribution in [3.63, 3.8) is 0 Å². The Morgan fingerprint density at radius 1 is 1.31 bits per heavy atom. The minimum atomic E-state index is -0.274. The number of imidazole rings is 1. The third-order valence-electron chi connectivity index (χ3n) is 4.75. The predicted molar refractivity (Wildman–Crippen MR) is 97.9 cm³/mol. The molecule has 1 aliphatic heterocycles. The highest BCUT2D eigenvalue weighted by Crippen LogP contribution is 2.26. The van der Waals surface area contributed by atoms with Gasteiger partial charge in [0.2, 0.25) is 0 Å². The maximum Gasteiger partial charge on any atom is 0.409 e. The van der Waals surface area contributed by atoms with Crippen LogP contribution in [0, 0.1) is 0 Å². The normalized spacial score (nSPS) is 17.8. The molecule has 3 heterocycles. The number of aromatic nitrogens is 3. The summed E-state index contributed by atoms with van der Waals surface area (Å²) in [5.74, 6) is 0.829. The largest absolute Gasteiger partial charge is 0.444 e. The van der Waals surface area contributed by atoms with Crippen LogP contribution < -0.4 is 0 Å². The summed E-state index contributed by atoms with van der Waals surface area (Å²) in [6.07, 6.45) is 2.13. The van der Waals surface area contributed by atoms with Crippen molar-refractivity contribution in [2.24, 2.45) is 0 Å². The fourth-order valence-corrected chi connectivity index (χ4v) is 3.36. The molecule has 1 aliphatic rings. The summed E-state index contributed by atoms with van der Waals surface area (Å²) in [6, 6.07) is 8.01. The standard InChI is InChI=1S/C19H22N4O3/c1-3-25-12-17-21-16-10-20-15-7-5-4-6-14(15)18(16)23(17)11-13-8-9-22(2)19(24)26-13/h4-7,10,13H,3,8-9,11-12H2,1-2H3. The summed E-state index contributed by atoms with van der Waals surface area (Å²) in [4.78, 5) is 22.7. The Morgan fingerprint density at radius 3 is 2.96 bits per heavy atom. The van der Waals surface area contributed by atoms with E-state index in [2.05, 4.69) is 9.55 Å². The minimum absolute atomic E-state index is 0.177. The Bertz CT molecular complexity index is 953. The van der Waals surface area contributed by atoms with E-state index in [-0.39, 0.29) is 12.2 Å². The van der Waals surface area contributed by atoms with Crippen molar-refractivity contribution in [2.75, 3.05) is 20.2 Å². The molecule has 0 N–H and O–H groups in total. The second kappa shape index (κ2) is 6.92. The van der Waals surface area contributed by atoms with E-state index in [0.717, 1.165) is 34.2 Å². The molecule has 1 atom stereocenters. The van der Waals surface area contributed by atoms with E-state index in [1.807, 2.05) is 31.2 Å². The molecule has 0 bridgehead atoms. The SMILES string of the molecule is CCOCc1nc2cnc3ccccc3c2n1CC1CCN(C)C(=O)O1. The zero-order chi connectivity index (χ0) is 18.1. The molecule has 7 heteroatoms. The number of rotatable bonds is 5. The summed E-state index contributed by atoms with van der Waals surface area (Å²) >= 11 is 0. The zero-order valence-electron chi connectivity index (χ0n) is 15.0. The smallest absolute Gasteiger partial charge is 0.409 e. The fraction of sp³-hybridized carbons (Fsp3) is 0.421. The van der Waals surface area contributed by atoms with Gasteiger partial charge in [-0.1, -0.05) is 18.2 Å². The molecule has 0 aliphatic carbocycles. The van der Waals surface area contributed by atoms with Gasteiger partial charge in [-0.15, -0.1) is 0 Å². The number of pyridine rings is 1. The van der Waals surface area contributed by atoms with E-state index in [0.29, 0.717) is 26.3 Å². The topological polar surface area (TPSA) is 69.5 Å². The van der Waals surface area contributed by atoms with Gasteiger partial charge in [-0.25, -0.2) is 9.78 Å². The number of carbonyl (C=O) groups excluding carboxylic acids is 1. The molecule has 0 spiro atoms. The highest BCUT2D eigenvalue weighted by molar-refractivity contribution is 6.02. The van der Waals surface area contributed by atoms with Crippen LogP contribution in [0.2, 0.25) is 0 Å². The van der Waals surface area contributed by atoms with Crippen molar-refractivity contribution in [3.8, 4) is 0 Å². The van der Waals surface area contributed by atoms with Crippen molar-refractivity contribution in [1.82, 2.24) is 19.4 Å². The molecule has 3 aromatic rings. The van der Waals surface area contributed by atoms with Crippen molar-refractivity contribution >= 4 is 28.0 Å². The monoisotopic (exact) mass is 354 g/mol. The molecule has 0 saturated carbocycles. The van der Waals surface area contributed by atoms with E-state index >= 15 is 0 Å². The van der Waals surface area contributed by atoms with Gasteiger partial charge in [0, 0.05) is 32.0 Å². The first-order chi connectivity index (χ1) is 12.7. The van der Waals surface area contributed by atoms with E-state index in [1.165, 1.54) is 0 Å². The number of benzene rings is 1. The highest BCUT2D eigenvalue weighted by atomic mass is 16.6. The number of para-hydroxylation sites is 1. The molecule has 1 aromatic carbocycles. The van der Waals surface area contributed by atoms with Crippen LogP contribution in [0.4, 0.5) is 4.79 Å². The van der Waals surface area contributed by atoms with Crippen LogP contribution in [0.15, 0.2) is 30.5 Å². The van der Waals surface area contributed by atoms with E-state index < -0.39 is 0 Å². The zero-order valence-corrected chi connectivity index (χ0v) is 15.0. The van der Waals surface area contributed by atoms with Gasteiger partial charge in [-0.2, -0.15) is 0 Å². The van der Waals surface area contributed by atoms with E-state index in [4.69, 9.17) is 14.5 Å². The number of hydrogen-bond donors (Lipinski definition) is 0. The average Bonchev–Trinajstić information content (AvgIpc) is 3.01. The van der Waals surface area contributed by atoms with E-state index in [9.17, 15) is 4.79 Å². The third-order valence-corrected chi connectivity index (χ3v) is 4.75. The van der Waals surface area contributed by atoms with Crippen LogP contribution in [0.1, 0.15) is 19.2 Å². The Balaban J connectivity index is 1.79. The van der Waals surface area contributed by atoms with Gasteiger partial charge in [0.25, 0.3) is 0 Å². The molecule has 1 saturated heterocycles. The third kappa shape index (κ3) is 2.99. The van der Waals surface area contributed by atoms with Gasteiger partial charge in [-0.05, 0) is 13.0 Å². The van der Waals surface area contributed by atoms with Crippen LogP contribution in [0.5, 0.6) is 0 Å². The Morgan fingerprint density at radius 2 is 2.15 bits per heavy atom. The molecule has 4 rings (SSSR count). The maximum atomic E-state index is 11.9. The Labute approximate surface area is 151 Å². The van der Waals surface area contributed by atoms with E-state index in [1.54, 1.807) is 18.1 Å². The number of hydrogen-bond acceptors (Lipinski definition) is 5. The molecule has 1 unspecified atom stereocenters. The summed E-state index contributed by atoms with van der Waals surface area (Å²) in [5.41, 5.74) is 2.77. The molecule has 136 valence electrons. The van der Waals surface area contributed by atoms with Gasteiger partial charge in [0.1, 0.15) is 24.1 Å². The van der Waals surface area contributed by atoms with Crippen LogP contribution >= 0.6 is 0 Å². The van der Waals surface area contributed by atoms with Crippen LogP contribution in [-0.2, 0) is 22.6 Å². The molecule has 0 radical (unpaired) electrons. The van der Waals surface area contributed by atoms with Gasteiger partial charge in [0.05, 0.1) is 23.8 Å². The lowest BCUT2D eigenvalue weighted by molar-refractivity contribution is 0.0246. The van der Waals surface area contributed by atoms with Crippen LogP contribution in [-0.4, -0.2) is 51.8 Å². The Kier molecular flexibility index (Phi) is 4.46. The van der Waals surface area contributed by atoms with Crippen molar-refractivity contribution in [1.29, 1.82) is 0 Å². The van der Waals surface area contributed by atoms with Crippen LogP contribution in [0.25, 0.3) is 21.9 Å². The number of ether oxygens (including phenoxy) is 2. The lowest BCUT2D eigenvalue weighted by Gasteiger charge is -2.29.